The number of aryl methyl sites for hydroxylation is 2. The monoisotopic (exact) mass is 293 g/mol. The van der Waals surface area contributed by atoms with E-state index in [0.29, 0.717) is 12.2 Å². The Labute approximate surface area is 122 Å². The second-order valence-electron chi connectivity index (χ2n) is 4.65. The highest BCUT2D eigenvalue weighted by molar-refractivity contribution is 7.11. The molecule has 2 rings (SSSR count). The third kappa shape index (κ3) is 3.46. The van der Waals surface area contributed by atoms with Crippen molar-refractivity contribution >= 4 is 17.3 Å². The number of aliphatic carboxylic acids is 1. The molecule has 2 heterocycles. The summed E-state index contributed by atoms with van der Waals surface area (Å²) in [7, 11) is 1.75. The molecular formula is C14H19N3O2S. The summed E-state index contributed by atoms with van der Waals surface area (Å²) in [6.07, 6.45) is 3.81. The molecule has 0 saturated carbocycles. The number of rotatable bonds is 7. The molecule has 2 aromatic rings. The molecular weight excluding hydrogens is 274 g/mol. The van der Waals surface area contributed by atoms with Gasteiger partial charge in [-0.2, -0.15) is 5.10 Å². The fourth-order valence-electron chi connectivity index (χ4n) is 2.09. The molecule has 0 aliphatic carbocycles. The summed E-state index contributed by atoms with van der Waals surface area (Å²) < 4.78 is 1.59. The van der Waals surface area contributed by atoms with Gasteiger partial charge in [-0.05, 0) is 24.6 Å². The van der Waals surface area contributed by atoms with Crippen molar-refractivity contribution < 1.29 is 9.90 Å². The molecule has 0 aliphatic rings. The van der Waals surface area contributed by atoms with E-state index in [1.54, 1.807) is 35.3 Å². The predicted molar refractivity (Wildman–Crippen MR) is 78.7 cm³/mol. The number of nitrogens with one attached hydrogen (secondary N) is 1. The highest BCUT2D eigenvalue weighted by Gasteiger charge is 2.22. The molecule has 0 fully saturated rings. The number of nitrogens with zero attached hydrogens (tertiary/aromatic N) is 2. The number of carbonyl (C=O) groups is 1. The molecule has 0 aliphatic heterocycles. The number of aromatic nitrogens is 2. The average Bonchev–Trinajstić information content (AvgIpc) is 3.00. The summed E-state index contributed by atoms with van der Waals surface area (Å²) in [5, 5.41) is 16.4. The van der Waals surface area contributed by atoms with Crippen LogP contribution in [0.5, 0.6) is 0 Å². The number of hydrogen-bond acceptors (Lipinski definition) is 4. The van der Waals surface area contributed by atoms with Crippen LogP contribution in [0.1, 0.15) is 34.8 Å². The van der Waals surface area contributed by atoms with Gasteiger partial charge >= 0.3 is 5.97 Å². The van der Waals surface area contributed by atoms with Gasteiger partial charge in [-0.25, -0.2) is 0 Å². The zero-order valence-corrected chi connectivity index (χ0v) is 12.5. The quantitative estimate of drug-likeness (QED) is 0.822. The Kier molecular flexibility index (Phi) is 4.92. The Bertz CT molecular complexity index is 576. The van der Waals surface area contributed by atoms with Gasteiger partial charge in [0.25, 0.3) is 0 Å². The fourth-order valence-corrected chi connectivity index (χ4v) is 3.16. The van der Waals surface area contributed by atoms with Gasteiger partial charge in [0.15, 0.2) is 0 Å². The van der Waals surface area contributed by atoms with Crippen LogP contribution in [0.4, 0.5) is 0 Å². The summed E-state index contributed by atoms with van der Waals surface area (Å²) in [6.45, 7) is 2.71. The van der Waals surface area contributed by atoms with Gasteiger partial charge in [0.1, 0.15) is 6.04 Å². The van der Waals surface area contributed by atoms with Crippen LogP contribution < -0.4 is 5.32 Å². The maximum atomic E-state index is 11.4. The van der Waals surface area contributed by atoms with E-state index in [-0.39, 0.29) is 0 Å². The predicted octanol–water partition coefficient (Wildman–Crippen LogP) is 2.35. The Morgan fingerprint density at radius 2 is 2.20 bits per heavy atom. The lowest BCUT2D eigenvalue weighted by atomic mass is 10.2. The Morgan fingerprint density at radius 3 is 2.80 bits per heavy atom. The van der Waals surface area contributed by atoms with E-state index < -0.39 is 12.0 Å². The molecule has 0 aromatic carbocycles. The molecule has 2 N–H and O–H groups in total. The standard InChI is InChI=1S/C14H19N3O2S/c1-3-4-10-5-6-11(20-10)9-15-13(14(18)19)12-7-8-16-17(12)2/h5-8,13,15H,3-4,9H2,1-2H3,(H,18,19)/t13-/m1/s1. The molecule has 1 atom stereocenters. The van der Waals surface area contributed by atoms with Crippen LogP contribution in [0, 0.1) is 0 Å². The summed E-state index contributed by atoms with van der Waals surface area (Å²) >= 11 is 1.73. The minimum absolute atomic E-state index is 0.552. The zero-order chi connectivity index (χ0) is 14.5. The van der Waals surface area contributed by atoms with Crippen LogP contribution in [-0.2, 0) is 24.8 Å². The van der Waals surface area contributed by atoms with Gasteiger partial charge < -0.3 is 5.11 Å². The lowest BCUT2D eigenvalue weighted by molar-refractivity contribution is -0.139. The Hall–Kier alpha value is -1.66. The van der Waals surface area contributed by atoms with E-state index >= 15 is 0 Å². The molecule has 0 saturated heterocycles. The van der Waals surface area contributed by atoms with E-state index in [1.807, 2.05) is 0 Å². The van der Waals surface area contributed by atoms with E-state index in [4.69, 9.17) is 0 Å². The zero-order valence-electron chi connectivity index (χ0n) is 11.7. The van der Waals surface area contributed by atoms with Crippen molar-refractivity contribution in [1.29, 1.82) is 0 Å². The van der Waals surface area contributed by atoms with Crippen molar-refractivity contribution in [2.24, 2.45) is 7.05 Å². The highest BCUT2D eigenvalue weighted by Crippen LogP contribution is 2.19. The molecule has 0 spiro atoms. The van der Waals surface area contributed by atoms with Crippen molar-refractivity contribution in [2.45, 2.75) is 32.4 Å². The first kappa shape index (κ1) is 14.7. The molecule has 5 nitrogen and oxygen atoms in total. The summed E-state index contributed by atoms with van der Waals surface area (Å²) in [4.78, 5) is 13.9. The minimum atomic E-state index is -0.890. The summed E-state index contributed by atoms with van der Waals surface area (Å²) in [5.74, 6) is -0.890. The number of hydrogen-bond donors (Lipinski definition) is 2. The van der Waals surface area contributed by atoms with Crippen LogP contribution in [0.3, 0.4) is 0 Å². The number of thiophene rings is 1. The molecule has 0 unspecified atom stereocenters. The first-order chi connectivity index (χ1) is 9.61. The lowest BCUT2D eigenvalue weighted by Gasteiger charge is -2.14. The van der Waals surface area contributed by atoms with Gasteiger partial charge in [0.2, 0.25) is 0 Å². The van der Waals surface area contributed by atoms with Crippen LogP contribution in [0.15, 0.2) is 24.4 Å². The van der Waals surface area contributed by atoms with Crippen molar-refractivity contribution in [1.82, 2.24) is 15.1 Å². The van der Waals surface area contributed by atoms with Gasteiger partial charge in [0, 0.05) is 29.5 Å². The molecule has 0 bridgehead atoms. The van der Waals surface area contributed by atoms with Crippen LogP contribution >= 0.6 is 11.3 Å². The molecule has 0 radical (unpaired) electrons. The maximum absolute atomic E-state index is 11.4. The van der Waals surface area contributed by atoms with Gasteiger partial charge in [-0.3, -0.25) is 14.8 Å². The molecule has 108 valence electrons. The maximum Gasteiger partial charge on any atom is 0.326 e. The fraction of sp³-hybridized carbons (Fsp3) is 0.429. The normalized spacial score (nSPS) is 12.5. The average molecular weight is 293 g/mol. The first-order valence-corrected chi connectivity index (χ1v) is 7.45. The van der Waals surface area contributed by atoms with Gasteiger partial charge in [-0.15, -0.1) is 11.3 Å². The van der Waals surface area contributed by atoms with Gasteiger partial charge in [0.05, 0.1) is 5.69 Å². The van der Waals surface area contributed by atoms with Crippen molar-refractivity contribution in [3.05, 3.63) is 39.8 Å². The largest absolute Gasteiger partial charge is 0.480 e. The Morgan fingerprint density at radius 1 is 1.45 bits per heavy atom. The van der Waals surface area contributed by atoms with E-state index in [2.05, 4.69) is 29.5 Å². The second-order valence-corrected chi connectivity index (χ2v) is 5.90. The number of carboxylic acids is 1. The van der Waals surface area contributed by atoms with Crippen molar-refractivity contribution in [3.63, 3.8) is 0 Å². The lowest BCUT2D eigenvalue weighted by Crippen LogP contribution is -2.29. The molecule has 20 heavy (non-hydrogen) atoms. The van der Waals surface area contributed by atoms with E-state index in [1.165, 1.54) is 4.88 Å². The minimum Gasteiger partial charge on any atom is -0.480 e. The van der Waals surface area contributed by atoms with E-state index in [0.717, 1.165) is 17.7 Å². The molecule has 0 amide bonds. The van der Waals surface area contributed by atoms with Crippen LogP contribution in [0.25, 0.3) is 0 Å². The second kappa shape index (κ2) is 6.67. The third-order valence-electron chi connectivity index (χ3n) is 3.10. The summed E-state index contributed by atoms with van der Waals surface area (Å²) in [6, 6.07) is 5.16. The topological polar surface area (TPSA) is 67.2 Å². The third-order valence-corrected chi connectivity index (χ3v) is 4.24. The number of carboxylic acid groups (broad SMARTS) is 1. The smallest absolute Gasteiger partial charge is 0.326 e. The van der Waals surface area contributed by atoms with Crippen LogP contribution in [-0.4, -0.2) is 20.9 Å². The van der Waals surface area contributed by atoms with Crippen molar-refractivity contribution in [3.8, 4) is 0 Å². The molecule has 6 heteroatoms. The van der Waals surface area contributed by atoms with E-state index in [9.17, 15) is 9.90 Å². The van der Waals surface area contributed by atoms with Crippen molar-refractivity contribution in [2.75, 3.05) is 0 Å². The Balaban J connectivity index is 2.02. The highest BCUT2D eigenvalue weighted by atomic mass is 32.1. The van der Waals surface area contributed by atoms with Gasteiger partial charge in [-0.1, -0.05) is 13.3 Å². The SMILES string of the molecule is CCCc1ccc(CN[C@@H](C(=O)O)c2ccnn2C)s1. The molecule has 2 aromatic heterocycles. The van der Waals surface area contributed by atoms with Crippen LogP contribution in [0.2, 0.25) is 0 Å². The summed E-state index contributed by atoms with van der Waals surface area (Å²) in [5.41, 5.74) is 0.655. The first-order valence-electron chi connectivity index (χ1n) is 6.63.